The summed E-state index contributed by atoms with van der Waals surface area (Å²) in [6.07, 6.45) is -7.59. The van der Waals surface area contributed by atoms with E-state index in [2.05, 4.69) is 5.32 Å². The third kappa shape index (κ3) is 4.80. The zero-order valence-electron chi connectivity index (χ0n) is 16.6. The highest BCUT2D eigenvalue weighted by Gasteiger charge is 2.37. The van der Waals surface area contributed by atoms with E-state index in [0.717, 1.165) is 0 Å². The van der Waals surface area contributed by atoms with Gasteiger partial charge in [0.1, 0.15) is 10.7 Å². The lowest BCUT2D eigenvalue weighted by Gasteiger charge is -2.23. The molecule has 2 heterocycles. The monoisotopic (exact) mass is 490 g/mol. The number of nitrogens with one attached hydrogen (secondary N) is 2. The lowest BCUT2D eigenvalue weighted by molar-refractivity contribution is -0.143. The lowest BCUT2D eigenvalue weighted by Crippen LogP contribution is -2.20. The number of sulfonamides is 1. The SMILES string of the molecule is O=S(=O)(Nc1cc(C(F)(F)F)cc(C(F)(F)F)c1)c1cc(-c2ccco2)cc2c1NCCC2. The van der Waals surface area contributed by atoms with Gasteiger partial charge in [0, 0.05) is 12.1 Å². The topological polar surface area (TPSA) is 71.3 Å². The molecule has 0 fully saturated rings. The highest BCUT2D eigenvalue weighted by Crippen LogP contribution is 2.39. The summed E-state index contributed by atoms with van der Waals surface area (Å²) in [6, 6.07) is 6.76. The summed E-state index contributed by atoms with van der Waals surface area (Å²) in [5.41, 5.74) is -2.82. The Kier molecular flexibility index (Phi) is 5.59. The van der Waals surface area contributed by atoms with Crippen LogP contribution in [0.15, 0.2) is 58.0 Å². The number of aryl methyl sites for hydroxylation is 1. The number of benzene rings is 2. The molecule has 33 heavy (non-hydrogen) atoms. The van der Waals surface area contributed by atoms with E-state index in [9.17, 15) is 34.8 Å². The Morgan fingerprint density at radius 3 is 2.18 bits per heavy atom. The third-order valence-corrected chi connectivity index (χ3v) is 6.45. The van der Waals surface area contributed by atoms with Crippen molar-refractivity contribution in [1.82, 2.24) is 0 Å². The predicted octanol–water partition coefficient (Wildman–Crippen LogP) is 6.14. The molecule has 0 amide bonds. The van der Waals surface area contributed by atoms with Crippen LogP contribution in [0.3, 0.4) is 0 Å². The first kappa shape index (κ1) is 23.0. The summed E-state index contributed by atoms with van der Waals surface area (Å²) in [4.78, 5) is -0.308. The van der Waals surface area contributed by atoms with Crippen LogP contribution in [0.2, 0.25) is 0 Å². The highest BCUT2D eigenvalue weighted by atomic mass is 32.2. The van der Waals surface area contributed by atoms with Crippen LogP contribution in [0.25, 0.3) is 11.3 Å². The largest absolute Gasteiger partial charge is 0.464 e. The van der Waals surface area contributed by atoms with E-state index < -0.39 is 39.2 Å². The molecule has 1 aliphatic rings. The second-order valence-electron chi connectivity index (χ2n) is 7.42. The maximum absolute atomic E-state index is 13.2. The van der Waals surface area contributed by atoms with Gasteiger partial charge in [0.25, 0.3) is 10.0 Å². The van der Waals surface area contributed by atoms with Crippen LogP contribution < -0.4 is 10.0 Å². The van der Waals surface area contributed by atoms with Gasteiger partial charge < -0.3 is 9.73 Å². The zero-order chi connectivity index (χ0) is 24.0. The summed E-state index contributed by atoms with van der Waals surface area (Å²) in [5.74, 6) is 0.359. The van der Waals surface area contributed by atoms with Crippen molar-refractivity contribution in [2.45, 2.75) is 30.1 Å². The van der Waals surface area contributed by atoms with Gasteiger partial charge in [0.15, 0.2) is 0 Å². The molecule has 12 heteroatoms. The van der Waals surface area contributed by atoms with E-state index in [1.165, 1.54) is 12.3 Å². The summed E-state index contributed by atoms with van der Waals surface area (Å²) in [5, 5.41) is 2.96. The fraction of sp³-hybridized carbons (Fsp3) is 0.238. The van der Waals surface area contributed by atoms with Crippen molar-refractivity contribution in [2.75, 3.05) is 16.6 Å². The molecular weight excluding hydrogens is 474 g/mol. The van der Waals surface area contributed by atoms with Crippen molar-refractivity contribution in [1.29, 1.82) is 0 Å². The molecule has 1 aromatic heterocycles. The average Bonchev–Trinajstić information content (AvgIpc) is 3.26. The summed E-state index contributed by atoms with van der Waals surface area (Å²) < 4.78 is 113. The van der Waals surface area contributed by atoms with Crippen LogP contribution in [-0.4, -0.2) is 15.0 Å². The van der Waals surface area contributed by atoms with Gasteiger partial charge in [-0.05, 0) is 60.9 Å². The van der Waals surface area contributed by atoms with Crippen molar-refractivity contribution in [2.24, 2.45) is 0 Å². The highest BCUT2D eigenvalue weighted by molar-refractivity contribution is 7.92. The molecule has 0 unspecified atom stereocenters. The van der Waals surface area contributed by atoms with Crippen LogP contribution in [0, 0.1) is 0 Å². The number of halogens is 6. The van der Waals surface area contributed by atoms with Crippen LogP contribution in [0.1, 0.15) is 23.1 Å². The average molecular weight is 490 g/mol. The fourth-order valence-corrected chi connectivity index (χ4v) is 4.88. The van der Waals surface area contributed by atoms with Crippen LogP contribution in [0.4, 0.5) is 37.7 Å². The van der Waals surface area contributed by atoms with Gasteiger partial charge in [-0.15, -0.1) is 0 Å². The first-order chi connectivity index (χ1) is 15.3. The van der Waals surface area contributed by atoms with E-state index in [-0.39, 0.29) is 16.6 Å². The lowest BCUT2D eigenvalue weighted by atomic mass is 10.00. The Labute approximate surface area is 184 Å². The fourth-order valence-electron chi connectivity index (χ4n) is 3.58. The van der Waals surface area contributed by atoms with E-state index in [0.29, 0.717) is 48.4 Å². The maximum atomic E-state index is 13.2. The Morgan fingerprint density at radius 2 is 1.61 bits per heavy atom. The number of furan rings is 1. The van der Waals surface area contributed by atoms with E-state index in [4.69, 9.17) is 4.42 Å². The Morgan fingerprint density at radius 1 is 0.939 bits per heavy atom. The van der Waals surface area contributed by atoms with E-state index >= 15 is 0 Å². The molecule has 0 radical (unpaired) electrons. The third-order valence-electron chi connectivity index (χ3n) is 5.04. The summed E-state index contributed by atoms with van der Waals surface area (Å²) >= 11 is 0. The quantitative estimate of drug-likeness (QED) is 0.431. The number of rotatable bonds is 4. The van der Waals surface area contributed by atoms with Gasteiger partial charge in [0.2, 0.25) is 0 Å². The first-order valence-electron chi connectivity index (χ1n) is 9.61. The molecule has 0 spiro atoms. The Bertz CT molecular complexity index is 1250. The molecule has 176 valence electrons. The number of fused-ring (bicyclic) bond motifs is 1. The predicted molar refractivity (Wildman–Crippen MR) is 108 cm³/mol. The molecule has 4 rings (SSSR count). The molecule has 3 aromatic rings. The minimum Gasteiger partial charge on any atom is -0.464 e. The smallest absolute Gasteiger partial charge is 0.416 e. The second kappa shape index (κ2) is 8.01. The van der Waals surface area contributed by atoms with Crippen molar-refractivity contribution in [3.63, 3.8) is 0 Å². The van der Waals surface area contributed by atoms with E-state index in [1.807, 2.05) is 4.72 Å². The maximum Gasteiger partial charge on any atom is 0.416 e. The molecule has 0 saturated carbocycles. The van der Waals surface area contributed by atoms with Crippen LogP contribution in [-0.2, 0) is 28.8 Å². The standard InChI is InChI=1S/C21H16F6N2O3S/c22-20(23,24)14-9-15(21(25,26)27)11-16(10-14)29-33(30,31)18-8-13(17-4-2-6-32-17)7-12-3-1-5-28-19(12)18/h2,4,6-11,28-29H,1,3,5H2. The molecule has 0 bridgehead atoms. The Balaban J connectivity index is 1.82. The Hall–Kier alpha value is -3.15. The van der Waals surface area contributed by atoms with Gasteiger partial charge in [-0.1, -0.05) is 0 Å². The van der Waals surface area contributed by atoms with Gasteiger partial charge >= 0.3 is 12.4 Å². The molecule has 0 aliphatic carbocycles. The van der Waals surface area contributed by atoms with Gasteiger partial charge in [-0.2, -0.15) is 26.3 Å². The molecule has 2 N–H and O–H groups in total. The van der Waals surface area contributed by atoms with Crippen molar-refractivity contribution in [3.8, 4) is 11.3 Å². The van der Waals surface area contributed by atoms with Crippen molar-refractivity contribution < 1.29 is 39.2 Å². The minimum absolute atomic E-state index is 0.0707. The number of anilines is 2. The summed E-state index contributed by atoms with van der Waals surface area (Å²) in [6.45, 7) is 0.456. The van der Waals surface area contributed by atoms with Gasteiger partial charge in [-0.3, -0.25) is 4.72 Å². The molecule has 0 atom stereocenters. The number of alkyl halides is 6. The first-order valence-corrected chi connectivity index (χ1v) is 11.1. The van der Waals surface area contributed by atoms with Gasteiger partial charge in [0.05, 0.1) is 28.8 Å². The molecule has 0 saturated heterocycles. The number of hydrogen-bond donors (Lipinski definition) is 2. The molecule has 5 nitrogen and oxygen atoms in total. The normalized spacial score (nSPS) is 14.5. The molecule has 2 aromatic carbocycles. The van der Waals surface area contributed by atoms with Gasteiger partial charge in [-0.25, -0.2) is 8.42 Å². The zero-order valence-corrected chi connectivity index (χ0v) is 17.5. The van der Waals surface area contributed by atoms with Crippen LogP contribution >= 0.6 is 0 Å². The second-order valence-corrected chi connectivity index (χ2v) is 9.07. The van der Waals surface area contributed by atoms with Crippen molar-refractivity contribution >= 4 is 21.4 Å². The van der Waals surface area contributed by atoms with E-state index in [1.54, 1.807) is 18.2 Å². The molecular formula is C21H16F6N2O3S. The molecule has 1 aliphatic heterocycles. The van der Waals surface area contributed by atoms with Crippen LogP contribution in [0.5, 0.6) is 0 Å². The minimum atomic E-state index is -5.11. The summed E-state index contributed by atoms with van der Waals surface area (Å²) in [7, 11) is -4.58. The number of hydrogen-bond acceptors (Lipinski definition) is 4. The van der Waals surface area contributed by atoms with Crippen molar-refractivity contribution in [3.05, 3.63) is 65.4 Å².